The molecule has 0 saturated heterocycles. The van der Waals surface area contributed by atoms with Gasteiger partial charge in [0, 0.05) is 20.1 Å². The molecule has 3 rings (SSSR count). The van der Waals surface area contributed by atoms with Crippen LogP contribution in [0.5, 0.6) is 5.75 Å². The van der Waals surface area contributed by atoms with Crippen LogP contribution in [0.15, 0.2) is 39.9 Å². The molecule has 0 unspecified atom stereocenters. The van der Waals surface area contributed by atoms with Crippen LogP contribution < -0.4 is 20.9 Å². The highest BCUT2D eigenvalue weighted by atomic mass is 16.5. The van der Waals surface area contributed by atoms with E-state index in [4.69, 9.17) is 4.74 Å². The first-order valence-electron chi connectivity index (χ1n) is 9.48. The summed E-state index contributed by atoms with van der Waals surface area (Å²) in [5, 5.41) is 29.3. The molecule has 1 aromatic carbocycles. The molecule has 0 fully saturated rings. The monoisotopic (exact) mass is 419 g/mol. The predicted molar refractivity (Wildman–Crippen MR) is 110 cm³/mol. The van der Waals surface area contributed by atoms with Gasteiger partial charge in [-0.05, 0) is 12.1 Å². The number of nitrogens with one attached hydrogen (secondary N) is 1. The molecule has 0 spiro atoms. The summed E-state index contributed by atoms with van der Waals surface area (Å²) in [6.45, 7) is -0.213. The molecule has 11 nitrogen and oxygen atoms in total. The number of aliphatic hydroxyl groups is 3. The van der Waals surface area contributed by atoms with Crippen LogP contribution in [-0.2, 0) is 13.6 Å². The number of anilines is 1. The lowest BCUT2D eigenvalue weighted by molar-refractivity contribution is 0.0936. The van der Waals surface area contributed by atoms with E-state index < -0.39 is 17.4 Å². The van der Waals surface area contributed by atoms with Crippen LogP contribution in [0.1, 0.15) is 0 Å². The number of para-hydroxylation sites is 1. The zero-order chi connectivity index (χ0) is 21.7. The lowest BCUT2D eigenvalue weighted by Gasteiger charge is -2.24. The van der Waals surface area contributed by atoms with Gasteiger partial charge in [-0.2, -0.15) is 4.98 Å². The van der Waals surface area contributed by atoms with Gasteiger partial charge >= 0.3 is 5.69 Å². The number of H-pyrrole nitrogens is 1. The third-order valence-electron chi connectivity index (χ3n) is 4.59. The molecular formula is C19H25N5O6. The molecule has 11 heteroatoms. The quantitative estimate of drug-likeness (QED) is 0.316. The first-order chi connectivity index (χ1) is 14.5. The van der Waals surface area contributed by atoms with Crippen molar-refractivity contribution in [3.8, 4) is 5.75 Å². The van der Waals surface area contributed by atoms with E-state index >= 15 is 0 Å². The summed E-state index contributed by atoms with van der Waals surface area (Å²) in [4.78, 5) is 32.7. The van der Waals surface area contributed by atoms with Crippen molar-refractivity contribution in [2.24, 2.45) is 7.05 Å². The van der Waals surface area contributed by atoms with Crippen molar-refractivity contribution in [3.05, 3.63) is 51.2 Å². The number of hydrogen-bond donors (Lipinski definition) is 4. The summed E-state index contributed by atoms with van der Waals surface area (Å²) in [5.41, 5.74) is -1.02. The minimum atomic E-state index is -0.997. The molecule has 30 heavy (non-hydrogen) atoms. The van der Waals surface area contributed by atoms with E-state index in [0.717, 1.165) is 0 Å². The Kier molecular flexibility index (Phi) is 6.87. The van der Waals surface area contributed by atoms with Crippen LogP contribution in [0.3, 0.4) is 0 Å². The average molecular weight is 419 g/mol. The van der Waals surface area contributed by atoms with Crippen molar-refractivity contribution in [1.82, 2.24) is 19.1 Å². The van der Waals surface area contributed by atoms with Gasteiger partial charge in [-0.25, -0.2) is 4.79 Å². The fourth-order valence-corrected chi connectivity index (χ4v) is 3.16. The van der Waals surface area contributed by atoms with Gasteiger partial charge in [0.25, 0.3) is 5.56 Å². The second-order valence-corrected chi connectivity index (χ2v) is 6.73. The standard InChI is InChI=1S/C19H25N5O6/c1-22-16-15(17(28)21-19(22)29)24(18(20-16)23(7-9-25)8-10-26)11-13(27)12-30-14-5-3-2-4-6-14/h2-6,13,25-27H,7-12H2,1H3,(H,21,28,29)/t13-/m0/s1. The molecule has 4 N–H and O–H groups in total. The van der Waals surface area contributed by atoms with Crippen molar-refractivity contribution in [3.63, 3.8) is 0 Å². The van der Waals surface area contributed by atoms with Gasteiger partial charge in [0.2, 0.25) is 5.95 Å². The summed E-state index contributed by atoms with van der Waals surface area (Å²) < 4.78 is 8.24. The van der Waals surface area contributed by atoms with Gasteiger partial charge in [0.15, 0.2) is 11.2 Å². The van der Waals surface area contributed by atoms with E-state index in [-0.39, 0.29) is 56.6 Å². The van der Waals surface area contributed by atoms with Gasteiger partial charge in [0.1, 0.15) is 18.5 Å². The first-order valence-corrected chi connectivity index (χ1v) is 9.48. The van der Waals surface area contributed by atoms with Crippen LogP contribution in [0, 0.1) is 0 Å². The van der Waals surface area contributed by atoms with E-state index in [1.807, 2.05) is 18.2 Å². The van der Waals surface area contributed by atoms with E-state index in [2.05, 4.69) is 9.97 Å². The van der Waals surface area contributed by atoms with Crippen LogP contribution >= 0.6 is 0 Å². The topological polar surface area (TPSA) is 146 Å². The number of nitrogens with zero attached hydrogens (tertiary/aromatic N) is 4. The number of hydrogen-bond acceptors (Lipinski definition) is 8. The average Bonchev–Trinajstić information content (AvgIpc) is 3.11. The molecule has 0 amide bonds. The molecule has 0 radical (unpaired) electrons. The molecule has 2 aromatic heterocycles. The minimum Gasteiger partial charge on any atom is -0.491 e. The third kappa shape index (κ3) is 4.53. The molecule has 0 bridgehead atoms. The summed E-state index contributed by atoms with van der Waals surface area (Å²) in [7, 11) is 1.47. The van der Waals surface area contributed by atoms with Gasteiger partial charge in [-0.15, -0.1) is 0 Å². The van der Waals surface area contributed by atoms with Crippen molar-refractivity contribution in [1.29, 1.82) is 0 Å². The van der Waals surface area contributed by atoms with Gasteiger partial charge < -0.3 is 29.5 Å². The zero-order valence-electron chi connectivity index (χ0n) is 16.6. The second kappa shape index (κ2) is 9.57. The number of aryl methyl sites for hydroxylation is 1. The number of rotatable bonds is 10. The van der Waals surface area contributed by atoms with Crippen LogP contribution in [0.4, 0.5) is 5.95 Å². The molecule has 3 aromatic rings. The highest BCUT2D eigenvalue weighted by Gasteiger charge is 2.23. The number of aromatic nitrogens is 4. The summed E-state index contributed by atoms with van der Waals surface area (Å²) >= 11 is 0. The first kappa shape index (κ1) is 21.6. The Morgan fingerprint density at radius 2 is 1.83 bits per heavy atom. The Labute approximate surface area is 171 Å². The van der Waals surface area contributed by atoms with Crippen LogP contribution in [-0.4, -0.2) is 73.4 Å². The SMILES string of the molecule is Cn1c(=O)[nH]c(=O)c2c1nc(N(CCO)CCO)n2C[C@H](O)COc1ccccc1. The molecule has 0 saturated carbocycles. The van der Waals surface area contributed by atoms with Crippen LogP contribution in [0.25, 0.3) is 11.2 Å². The maximum Gasteiger partial charge on any atom is 0.329 e. The van der Waals surface area contributed by atoms with E-state index in [9.17, 15) is 24.9 Å². The third-order valence-corrected chi connectivity index (χ3v) is 4.59. The fraction of sp³-hybridized carbons (Fsp3) is 0.421. The fourth-order valence-electron chi connectivity index (χ4n) is 3.16. The Morgan fingerprint density at radius 3 is 2.47 bits per heavy atom. The number of aromatic amines is 1. The second-order valence-electron chi connectivity index (χ2n) is 6.73. The number of ether oxygens (including phenoxy) is 1. The Morgan fingerprint density at radius 1 is 1.17 bits per heavy atom. The summed E-state index contributed by atoms with van der Waals surface area (Å²) in [6, 6.07) is 8.99. The van der Waals surface area contributed by atoms with Crippen molar-refractivity contribution < 1.29 is 20.1 Å². The Hall–Kier alpha value is -3.15. The highest BCUT2D eigenvalue weighted by Crippen LogP contribution is 2.20. The number of fused-ring (bicyclic) bond motifs is 1. The normalized spacial score (nSPS) is 12.3. The van der Waals surface area contributed by atoms with Crippen molar-refractivity contribution in [2.75, 3.05) is 37.8 Å². The molecule has 0 aliphatic carbocycles. The lowest BCUT2D eigenvalue weighted by atomic mass is 10.3. The highest BCUT2D eigenvalue weighted by molar-refractivity contribution is 5.74. The molecule has 0 aliphatic rings. The smallest absolute Gasteiger partial charge is 0.329 e. The van der Waals surface area contributed by atoms with Crippen molar-refractivity contribution in [2.45, 2.75) is 12.6 Å². The Balaban J connectivity index is 1.99. The molecule has 1 atom stereocenters. The largest absolute Gasteiger partial charge is 0.491 e. The van der Waals surface area contributed by atoms with Crippen molar-refractivity contribution >= 4 is 17.1 Å². The lowest BCUT2D eigenvalue weighted by Crippen LogP contribution is -2.34. The van der Waals surface area contributed by atoms with E-state index in [0.29, 0.717) is 5.75 Å². The molecular weight excluding hydrogens is 394 g/mol. The number of aliphatic hydroxyl groups excluding tert-OH is 3. The van der Waals surface area contributed by atoms with Gasteiger partial charge in [-0.1, -0.05) is 18.2 Å². The summed E-state index contributed by atoms with van der Waals surface area (Å²) in [5.74, 6) is 0.841. The molecule has 2 heterocycles. The number of imidazole rings is 1. The Bertz CT molecular complexity index is 1080. The molecule has 0 aliphatic heterocycles. The maximum atomic E-state index is 12.5. The van der Waals surface area contributed by atoms with Gasteiger partial charge in [-0.3, -0.25) is 14.3 Å². The number of benzene rings is 1. The minimum absolute atomic E-state index is 0.0349. The maximum absolute atomic E-state index is 12.5. The van der Waals surface area contributed by atoms with E-state index in [1.165, 1.54) is 16.2 Å². The predicted octanol–water partition coefficient (Wildman–Crippen LogP) is -1.35. The zero-order valence-corrected chi connectivity index (χ0v) is 16.6. The summed E-state index contributed by atoms with van der Waals surface area (Å²) in [6.07, 6.45) is -0.997. The van der Waals surface area contributed by atoms with Gasteiger partial charge in [0.05, 0.1) is 19.8 Å². The van der Waals surface area contributed by atoms with Crippen LogP contribution in [0.2, 0.25) is 0 Å². The van der Waals surface area contributed by atoms with E-state index in [1.54, 1.807) is 17.0 Å². The molecule has 162 valence electrons.